The van der Waals surface area contributed by atoms with Gasteiger partial charge in [-0.3, -0.25) is 10.7 Å². The molecular formula is C4H2ClF2N3O. The predicted octanol–water partition coefficient (Wildman–Crippen LogP) is 1.21. The zero-order valence-corrected chi connectivity index (χ0v) is 5.73. The van der Waals surface area contributed by atoms with Crippen LogP contribution in [0.4, 0.5) is 14.6 Å². The van der Waals surface area contributed by atoms with Crippen LogP contribution in [0.5, 0.6) is 0 Å². The standard InChI is InChI=1S/C4H2ClF2N3O/c5-1-2(6)8-4(7)9-3(1)10-11/h11H,(H,8,9,10). The second kappa shape index (κ2) is 2.93. The fourth-order valence-corrected chi connectivity index (χ4v) is 0.595. The summed E-state index contributed by atoms with van der Waals surface area (Å²) in [4.78, 5) is 5.60. The van der Waals surface area contributed by atoms with E-state index in [1.54, 1.807) is 0 Å². The third kappa shape index (κ3) is 1.52. The summed E-state index contributed by atoms with van der Waals surface area (Å²) in [6.45, 7) is 0. The summed E-state index contributed by atoms with van der Waals surface area (Å²) in [5, 5.41) is 7.65. The molecule has 0 saturated heterocycles. The van der Waals surface area contributed by atoms with Gasteiger partial charge in [-0.1, -0.05) is 11.6 Å². The molecule has 0 spiro atoms. The maximum absolute atomic E-state index is 12.4. The number of nitrogens with one attached hydrogen (secondary N) is 1. The summed E-state index contributed by atoms with van der Waals surface area (Å²) in [6.07, 6.45) is -1.30. The molecule has 0 atom stereocenters. The van der Waals surface area contributed by atoms with Crippen molar-refractivity contribution in [1.82, 2.24) is 9.97 Å². The van der Waals surface area contributed by atoms with Gasteiger partial charge in [0.15, 0.2) is 5.82 Å². The van der Waals surface area contributed by atoms with Crippen LogP contribution in [0.3, 0.4) is 0 Å². The van der Waals surface area contributed by atoms with Gasteiger partial charge in [-0.05, 0) is 0 Å². The van der Waals surface area contributed by atoms with E-state index >= 15 is 0 Å². The number of hydrogen-bond donors (Lipinski definition) is 2. The van der Waals surface area contributed by atoms with Crippen LogP contribution in [-0.4, -0.2) is 15.2 Å². The Balaban J connectivity index is 3.24. The topological polar surface area (TPSA) is 58.0 Å². The summed E-state index contributed by atoms with van der Waals surface area (Å²) in [5.41, 5.74) is 1.41. The lowest BCUT2D eigenvalue weighted by molar-refractivity contribution is 0.380. The lowest BCUT2D eigenvalue weighted by Gasteiger charge is -1.99. The van der Waals surface area contributed by atoms with Gasteiger partial charge in [-0.2, -0.15) is 18.7 Å². The number of anilines is 1. The highest BCUT2D eigenvalue weighted by molar-refractivity contribution is 6.32. The number of hydrogen-bond acceptors (Lipinski definition) is 4. The molecule has 0 aliphatic carbocycles. The molecule has 2 N–H and O–H groups in total. The molecule has 1 aromatic heterocycles. The van der Waals surface area contributed by atoms with E-state index in [0.29, 0.717) is 0 Å². The summed E-state index contributed by atoms with van der Waals surface area (Å²) >= 11 is 5.18. The molecule has 1 rings (SSSR count). The van der Waals surface area contributed by atoms with Crippen molar-refractivity contribution in [3.8, 4) is 0 Å². The minimum Gasteiger partial charge on any atom is -0.290 e. The molecule has 7 heteroatoms. The van der Waals surface area contributed by atoms with E-state index in [1.807, 2.05) is 0 Å². The first-order valence-corrected chi connectivity index (χ1v) is 2.81. The van der Waals surface area contributed by atoms with Crippen molar-refractivity contribution in [3.05, 3.63) is 17.0 Å². The zero-order valence-electron chi connectivity index (χ0n) is 4.98. The van der Waals surface area contributed by atoms with E-state index < -0.39 is 22.9 Å². The lowest BCUT2D eigenvalue weighted by Crippen LogP contribution is -2.01. The van der Waals surface area contributed by atoms with Crippen LogP contribution in [0.2, 0.25) is 5.02 Å². The average molecular weight is 182 g/mol. The smallest absolute Gasteiger partial charge is 0.290 e. The van der Waals surface area contributed by atoms with Gasteiger partial charge in [0, 0.05) is 0 Å². The molecule has 1 heterocycles. The maximum Gasteiger partial charge on any atom is 0.313 e. The third-order valence-corrected chi connectivity index (χ3v) is 1.22. The molecule has 0 radical (unpaired) electrons. The highest BCUT2D eigenvalue weighted by Gasteiger charge is 2.10. The van der Waals surface area contributed by atoms with E-state index in [2.05, 4.69) is 9.97 Å². The number of halogens is 3. The minimum absolute atomic E-state index is 0.503. The Morgan fingerprint density at radius 1 is 1.36 bits per heavy atom. The largest absolute Gasteiger partial charge is 0.313 e. The van der Waals surface area contributed by atoms with Crippen molar-refractivity contribution in [1.29, 1.82) is 0 Å². The first-order valence-electron chi connectivity index (χ1n) is 2.43. The molecule has 0 saturated carbocycles. The Labute approximate surface area is 64.8 Å². The Bertz CT molecular complexity index is 282. The maximum atomic E-state index is 12.4. The first kappa shape index (κ1) is 8.09. The van der Waals surface area contributed by atoms with Gasteiger partial charge in [0.2, 0.25) is 5.95 Å². The van der Waals surface area contributed by atoms with E-state index in [0.717, 1.165) is 0 Å². The summed E-state index contributed by atoms with van der Waals surface area (Å²) in [7, 11) is 0. The second-order valence-corrected chi connectivity index (χ2v) is 1.94. The van der Waals surface area contributed by atoms with Crippen LogP contribution in [0, 0.1) is 12.0 Å². The Kier molecular flexibility index (Phi) is 2.16. The van der Waals surface area contributed by atoms with Gasteiger partial charge >= 0.3 is 6.08 Å². The monoisotopic (exact) mass is 181 g/mol. The summed E-state index contributed by atoms with van der Waals surface area (Å²) in [5.74, 6) is -1.73. The molecular weight excluding hydrogens is 180 g/mol. The molecule has 0 aliphatic rings. The van der Waals surface area contributed by atoms with Crippen molar-refractivity contribution >= 4 is 17.4 Å². The van der Waals surface area contributed by atoms with Gasteiger partial charge in [0.25, 0.3) is 0 Å². The second-order valence-electron chi connectivity index (χ2n) is 1.56. The SMILES string of the molecule is ONc1nc(F)nc(F)c1Cl. The van der Waals surface area contributed by atoms with E-state index in [9.17, 15) is 8.78 Å². The highest BCUT2D eigenvalue weighted by Crippen LogP contribution is 2.20. The molecule has 0 aromatic carbocycles. The molecule has 1 aromatic rings. The van der Waals surface area contributed by atoms with Gasteiger partial charge in [0.1, 0.15) is 5.02 Å². The molecule has 4 nitrogen and oxygen atoms in total. The molecule has 0 fully saturated rings. The molecule has 0 unspecified atom stereocenters. The lowest BCUT2D eigenvalue weighted by atomic mass is 10.6. The van der Waals surface area contributed by atoms with Crippen molar-refractivity contribution in [2.45, 2.75) is 0 Å². The van der Waals surface area contributed by atoms with E-state index in [-0.39, 0.29) is 0 Å². The summed E-state index contributed by atoms with van der Waals surface area (Å²) < 4.78 is 24.5. The van der Waals surface area contributed by atoms with Crippen LogP contribution >= 0.6 is 11.6 Å². The molecule has 0 amide bonds. The Morgan fingerprint density at radius 2 is 2.00 bits per heavy atom. The molecule has 0 bridgehead atoms. The normalized spacial score (nSPS) is 9.82. The fourth-order valence-electron chi connectivity index (χ4n) is 0.468. The van der Waals surface area contributed by atoms with Crippen LogP contribution in [-0.2, 0) is 0 Å². The summed E-state index contributed by atoms with van der Waals surface area (Å²) in [6, 6.07) is 0. The van der Waals surface area contributed by atoms with Crippen molar-refractivity contribution in [2.75, 3.05) is 5.48 Å². The highest BCUT2D eigenvalue weighted by atomic mass is 35.5. The molecule has 0 aliphatic heterocycles. The van der Waals surface area contributed by atoms with Crippen LogP contribution < -0.4 is 5.48 Å². The zero-order chi connectivity index (χ0) is 8.43. The van der Waals surface area contributed by atoms with Gasteiger partial charge in [-0.15, -0.1) is 0 Å². The van der Waals surface area contributed by atoms with Crippen molar-refractivity contribution in [3.63, 3.8) is 0 Å². The number of aromatic nitrogens is 2. The number of nitrogens with zero attached hydrogens (tertiary/aromatic N) is 2. The van der Waals surface area contributed by atoms with E-state index in [1.165, 1.54) is 5.48 Å². The molecule has 60 valence electrons. The number of rotatable bonds is 1. The van der Waals surface area contributed by atoms with Crippen LogP contribution in [0.25, 0.3) is 0 Å². The van der Waals surface area contributed by atoms with Crippen LogP contribution in [0.1, 0.15) is 0 Å². The average Bonchev–Trinajstić information content (AvgIpc) is 1.96. The predicted molar refractivity (Wildman–Crippen MR) is 32.4 cm³/mol. The molecule has 11 heavy (non-hydrogen) atoms. The van der Waals surface area contributed by atoms with E-state index in [4.69, 9.17) is 16.8 Å². The third-order valence-electron chi connectivity index (χ3n) is 0.889. The first-order chi connectivity index (χ1) is 5.15. The minimum atomic E-state index is -1.30. The fraction of sp³-hybridized carbons (Fsp3) is 0. The quantitative estimate of drug-likeness (QED) is 0.388. The van der Waals surface area contributed by atoms with Crippen molar-refractivity contribution in [2.24, 2.45) is 0 Å². The van der Waals surface area contributed by atoms with Gasteiger partial charge in [-0.25, -0.2) is 0 Å². The van der Waals surface area contributed by atoms with Gasteiger partial charge in [0.05, 0.1) is 0 Å². The van der Waals surface area contributed by atoms with Crippen molar-refractivity contribution < 1.29 is 14.0 Å². The van der Waals surface area contributed by atoms with Gasteiger partial charge < -0.3 is 0 Å². The Hall–Kier alpha value is -1.01. The Morgan fingerprint density at radius 3 is 2.55 bits per heavy atom. The van der Waals surface area contributed by atoms with Crippen LogP contribution in [0.15, 0.2) is 0 Å².